The zero-order chi connectivity index (χ0) is 48.9. The van der Waals surface area contributed by atoms with Gasteiger partial charge >= 0.3 is 11.9 Å². The Hall–Kier alpha value is -2.80. The van der Waals surface area contributed by atoms with E-state index in [4.69, 9.17) is 28.4 Å². The number of unbranched alkanes of at least 4 members (excludes halogenated alkanes) is 14. The van der Waals surface area contributed by atoms with Gasteiger partial charge in [-0.15, -0.1) is 0 Å². The Morgan fingerprint density at radius 3 is 1.45 bits per heavy atom. The van der Waals surface area contributed by atoms with Crippen LogP contribution < -0.4 is 0 Å². The smallest absolute Gasteiger partial charge is 0.306 e. The van der Waals surface area contributed by atoms with Crippen molar-refractivity contribution in [3.05, 3.63) is 60.8 Å². The fourth-order valence-electron chi connectivity index (χ4n) is 7.47. The van der Waals surface area contributed by atoms with Crippen LogP contribution >= 0.6 is 0 Å². The summed E-state index contributed by atoms with van der Waals surface area (Å²) >= 11 is 0. The highest BCUT2D eigenvalue weighted by Gasteiger charge is 2.47. The van der Waals surface area contributed by atoms with Crippen molar-refractivity contribution in [3.8, 4) is 0 Å². The van der Waals surface area contributed by atoms with Crippen molar-refractivity contribution in [3.63, 3.8) is 0 Å². The molecule has 0 bridgehead atoms. The van der Waals surface area contributed by atoms with Crippen LogP contribution in [0.4, 0.5) is 0 Å². The number of allylic oxidation sites excluding steroid dienone is 10. The average Bonchev–Trinajstić information content (AvgIpc) is 3.32. The second-order valence-corrected chi connectivity index (χ2v) is 17.6. The van der Waals surface area contributed by atoms with Gasteiger partial charge in [0, 0.05) is 12.8 Å². The van der Waals surface area contributed by atoms with Crippen molar-refractivity contribution in [1.29, 1.82) is 0 Å². The lowest BCUT2D eigenvalue weighted by atomic mass is 9.98. The summed E-state index contributed by atoms with van der Waals surface area (Å²) in [7, 11) is 0. The zero-order valence-corrected chi connectivity index (χ0v) is 40.6. The highest BCUT2D eigenvalue weighted by Crippen LogP contribution is 2.26. The summed E-state index contributed by atoms with van der Waals surface area (Å²) in [5, 5.41) is 72.0. The topological polar surface area (TPSA) is 231 Å². The number of aliphatic hydroxyl groups excluding tert-OH is 7. The minimum atomic E-state index is -1.77. The van der Waals surface area contributed by atoms with Crippen LogP contribution in [0.15, 0.2) is 60.8 Å². The van der Waals surface area contributed by atoms with E-state index in [-0.39, 0.29) is 19.4 Å². The van der Waals surface area contributed by atoms with Gasteiger partial charge in [0.1, 0.15) is 55.4 Å². The van der Waals surface area contributed by atoms with E-state index < -0.39 is 99.3 Å². The molecule has 0 aromatic heterocycles. The lowest BCUT2D eigenvalue weighted by molar-refractivity contribution is -0.332. The minimum absolute atomic E-state index is 0.134. The molecular weight excluding hydrogens is 865 g/mol. The van der Waals surface area contributed by atoms with Crippen LogP contribution in [0.2, 0.25) is 0 Å². The van der Waals surface area contributed by atoms with Crippen molar-refractivity contribution in [2.45, 2.75) is 229 Å². The molecule has 0 saturated carbocycles. The molecule has 2 aliphatic rings. The van der Waals surface area contributed by atoms with Gasteiger partial charge in [0.25, 0.3) is 0 Å². The molecule has 0 aromatic rings. The van der Waals surface area contributed by atoms with Crippen molar-refractivity contribution < 1.29 is 73.8 Å². The van der Waals surface area contributed by atoms with E-state index in [2.05, 4.69) is 74.6 Å². The first-order valence-electron chi connectivity index (χ1n) is 25.4. The first kappa shape index (κ1) is 60.3. The largest absolute Gasteiger partial charge is 0.462 e. The Morgan fingerprint density at radius 1 is 0.478 bits per heavy atom. The Morgan fingerprint density at radius 2 is 0.910 bits per heavy atom. The first-order valence-corrected chi connectivity index (χ1v) is 25.4. The Kier molecular flexibility index (Phi) is 35.1. The zero-order valence-electron chi connectivity index (χ0n) is 40.6. The molecule has 0 radical (unpaired) electrons. The van der Waals surface area contributed by atoms with Gasteiger partial charge in [-0.05, 0) is 77.0 Å². The van der Waals surface area contributed by atoms with E-state index in [9.17, 15) is 45.3 Å². The highest BCUT2D eigenvalue weighted by molar-refractivity contribution is 5.70. The summed E-state index contributed by atoms with van der Waals surface area (Å²) in [4.78, 5) is 25.7. The molecule has 2 saturated heterocycles. The standard InChI is InChI=1S/C52H88O15/c1-3-5-7-9-11-13-15-17-19-20-21-23-25-27-29-31-33-35-44(55)65-40(37-62-43(54)34-32-30-28-26-24-22-18-16-14-12-10-8-6-4-2)38-63-51-50(61)48(59)46(57)42(67-51)39-64-52-49(60)47(58)45(56)41(36-53)66-52/h10-13,16-19,21,23,40-42,45-53,56-61H,3-9,14-15,20,22,24-39H2,1-2H3/b12-10+,13-11+,18-16+,19-17+,23-21+/t40-,41+,42+,45-,46-,47?,48?,49?,50?,51+,52+/m1/s1. The molecule has 15 nitrogen and oxygen atoms in total. The predicted octanol–water partition coefficient (Wildman–Crippen LogP) is 6.88. The SMILES string of the molecule is CCCC/C=C/C/C=C/CCCCCCCC(=O)OC[C@H](CO[C@H]1O[C@@H](CO[C@H]2O[C@@H](CO)[C@@H](O)C(O)C2O)[C@@H](O)C(O)C1O)OC(=O)CCCCCC/C=C/C/C=C/C/C=C/CCCCC. The number of ether oxygens (including phenoxy) is 6. The van der Waals surface area contributed by atoms with E-state index in [1.807, 2.05) is 0 Å². The number of rotatable bonds is 38. The van der Waals surface area contributed by atoms with Gasteiger partial charge in [-0.25, -0.2) is 0 Å². The van der Waals surface area contributed by atoms with E-state index in [0.29, 0.717) is 12.8 Å². The van der Waals surface area contributed by atoms with Crippen molar-refractivity contribution >= 4 is 11.9 Å². The van der Waals surface area contributed by atoms with Gasteiger partial charge in [-0.1, -0.05) is 132 Å². The van der Waals surface area contributed by atoms with Gasteiger partial charge in [-0.3, -0.25) is 9.59 Å². The first-order chi connectivity index (χ1) is 32.5. The summed E-state index contributed by atoms with van der Waals surface area (Å²) in [6.07, 6.45) is 26.7. The van der Waals surface area contributed by atoms with Crippen LogP contribution in [0.3, 0.4) is 0 Å². The number of hydrogen-bond acceptors (Lipinski definition) is 15. The van der Waals surface area contributed by atoms with E-state index in [1.54, 1.807) is 0 Å². The quantitative estimate of drug-likeness (QED) is 0.0190. The van der Waals surface area contributed by atoms with Gasteiger partial charge in [-0.2, -0.15) is 0 Å². The van der Waals surface area contributed by atoms with Crippen LogP contribution in [0.5, 0.6) is 0 Å². The maximum absolute atomic E-state index is 13.0. The van der Waals surface area contributed by atoms with Crippen LogP contribution in [0.25, 0.3) is 0 Å². The number of hydrogen-bond donors (Lipinski definition) is 7. The molecule has 2 rings (SSSR count). The molecule has 0 aliphatic carbocycles. The van der Waals surface area contributed by atoms with Crippen LogP contribution in [0, 0.1) is 0 Å². The lowest BCUT2D eigenvalue weighted by Gasteiger charge is -2.42. The summed E-state index contributed by atoms with van der Waals surface area (Å²) < 4.78 is 33.5. The molecule has 11 atom stereocenters. The van der Waals surface area contributed by atoms with E-state index >= 15 is 0 Å². The highest BCUT2D eigenvalue weighted by atomic mass is 16.7. The second-order valence-electron chi connectivity index (χ2n) is 17.6. The second kappa shape index (κ2) is 39.0. The third kappa shape index (κ3) is 27.3. The summed E-state index contributed by atoms with van der Waals surface area (Å²) in [5.74, 6) is -0.971. The minimum Gasteiger partial charge on any atom is -0.462 e. The Balaban J connectivity index is 1.84. The lowest BCUT2D eigenvalue weighted by Crippen LogP contribution is -2.61. The molecule has 15 heteroatoms. The summed E-state index contributed by atoms with van der Waals surface area (Å²) in [6, 6.07) is 0. The molecule has 4 unspecified atom stereocenters. The number of carbonyl (C=O) groups is 2. The normalized spacial score (nSPS) is 26.5. The third-order valence-corrected chi connectivity index (χ3v) is 11.7. The fraction of sp³-hybridized carbons (Fsp3) is 0.769. The fourth-order valence-corrected chi connectivity index (χ4v) is 7.47. The monoisotopic (exact) mass is 953 g/mol. The van der Waals surface area contributed by atoms with Gasteiger partial charge in [0.15, 0.2) is 18.7 Å². The molecule has 2 heterocycles. The molecule has 0 amide bonds. The maximum atomic E-state index is 13.0. The van der Waals surface area contributed by atoms with Gasteiger partial charge < -0.3 is 64.2 Å². The van der Waals surface area contributed by atoms with E-state index in [0.717, 1.165) is 89.9 Å². The molecular formula is C52H88O15. The van der Waals surface area contributed by atoms with Crippen LogP contribution in [-0.2, 0) is 38.0 Å². The molecule has 67 heavy (non-hydrogen) atoms. The molecule has 7 N–H and O–H groups in total. The number of aliphatic hydroxyl groups is 7. The van der Waals surface area contributed by atoms with E-state index in [1.165, 1.54) is 32.1 Å². The molecule has 0 spiro atoms. The Bertz CT molecular complexity index is 1400. The molecule has 2 fully saturated rings. The summed E-state index contributed by atoms with van der Waals surface area (Å²) in [6.45, 7) is 2.47. The predicted molar refractivity (Wildman–Crippen MR) is 256 cm³/mol. The Labute approximate surface area is 400 Å². The van der Waals surface area contributed by atoms with Crippen molar-refractivity contribution in [1.82, 2.24) is 0 Å². The number of carbonyl (C=O) groups excluding carboxylic acids is 2. The van der Waals surface area contributed by atoms with Gasteiger partial charge in [0.2, 0.25) is 0 Å². The van der Waals surface area contributed by atoms with Gasteiger partial charge in [0.05, 0.1) is 19.8 Å². The average molecular weight is 953 g/mol. The maximum Gasteiger partial charge on any atom is 0.306 e. The molecule has 2 aliphatic heterocycles. The van der Waals surface area contributed by atoms with Crippen molar-refractivity contribution in [2.24, 2.45) is 0 Å². The van der Waals surface area contributed by atoms with Crippen molar-refractivity contribution in [2.75, 3.05) is 26.4 Å². The van der Waals surface area contributed by atoms with Crippen LogP contribution in [0.1, 0.15) is 162 Å². The molecule has 386 valence electrons. The van der Waals surface area contributed by atoms with Crippen LogP contribution in [-0.4, -0.2) is 142 Å². The number of esters is 2. The summed E-state index contributed by atoms with van der Waals surface area (Å²) in [5.41, 5.74) is 0. The third-order valence-electron chi connectivity index (χ3n) is 11.7. The molecule has 0 aromatic carbocycles.